The minimum Gasteiger partial charge on any atom is -0.324 e. The van der Waals surface area contributed by atoms with Gasteiger partial charge in [-0.1, -0.05) is 45.7 Å². The van der Waals surface area contributed by atoms with Crippen molar-refractivity contribution in [2.45, 2.75) is 49.6 Å². The summed E-state index contributed by atoms with van der Waals surface area (Å²) < 4.78 is 16.4. The quantitative estimate of drug-likeness (QED) is 0.574. The molecule has 1 N–H and O–H groups in total. The number of anilines is 1. The van der Waals surface area contributed by atoms with Crippen molar-refractivity contribution < 1.29 is 14.0 Å². The number of rotatable bonds is 3. The summed E-state index contributed by atoms with van der Waals surface area (Å²) in [6.45, 7) is 0.746. The summed E-state index contributed by atoms with van der Waals surface area (Å²) in [6, 6.07) is 10.6. The highest BCUT2D eigenvalue weighted by molar-refractivity contribution is 9.10. The predicted octanol–water partition coefficient (Wildman–Crippen LogP) is 5.64. The highest BCUT2D eigenvalue weighted by atomic mass is 79.9. The molecule has 2 aliphatic heterocycles. The molecule has 1 amide bonds. The molecule has 1 spiro atoms. The zero-order valence-electron chi connectivity index (χ0n) is 17.4. The number of carbonyl (C=O) groups is 2. The van der Waals surface area contributed by atoms with Gasteiger partial charge in [-0.2, -0.15) is 0 Å². The molecule has 166 valence electrons. The molecular formula is C25H23BrClFN2O2. The van der Waals surface area contributed by atoms with Gasteiger partial charge < -0.3 is 5.32 Å². The number of halogens is 3. The molecule has 2 aromatic carbocycles. The van der Waals surface area contributed by atoms with Gasteiger partial charge in [0.25, 0.3) is 0 Å². The summed E-state index contributed by atoms with van der Waals surface area (Å²) in [5.74, 6) is -1.11. The van der Waals surface area contributed by atoms with Gasteiger partial charge in [-0.25, -0.2) is 4.39 Å². The van der Waals surface area contributed by atoms with E-state index in [9.17, 15) is 9.59 Å². The fourth-order valence-corrected chi connectivity index (χ4v) is 6.97. The Bertz CT molecular complexity index is 1150. The Morgan fingerprint density at radius 3 is 2.78 bits per heavy atom. The van der Waals surface area contributed by atoms with E-state index in [1.165, 1.54) is 6.07 Å². The molecule has 2 saturated carbocycles. The zero-order chi connectivity index (χ0) is 22.2. The van der Waals surface area contributed by atoms with Crippen LogP contribution in [0.2, 0.25) is 5.02 Å². The maximum Gasteiger partial charge on any atom is 0.250 e. The van der Waals surface area contributed by atoms with Gasteiger partial charge >= 0.3 is 0 Å². The van der Waals surface area contributed by atoms with Crippen molar-refractivity contribution in [3.05, 3.63) is 62.8 Å². The number of amides is 1. The number of hydrogen-bond donors (Lipinski definition) is 1. The third-order valence-corrected chi connectivity index (χ3v) is 8.61. The zero-order valence-corrected chi connectivity index (χ0v) is 19.8. The lowest BCUT2D eigenvalue weighted by Gasteiger charge is -2.40. The van der Waals surface area contributed by atoms with Crippen LogP contribution in [0.3, 0.4) is 0 Å². The van der Waals surface area contributed by atoms with Crippen molar-refractivity contribution in [1.82, 2.24) is 4.90 Å². The molecule has 3 fully saturated rings. The van der Waals surface area contributed by atoms with Crippen molar-refractivity contribution in [2.24, 2.45) is 11.8 Å². The normalized spacial score (nSPS) is 31.7. The van der Waals surface area contributed by atoms with Crippen molar-refractivity contribution in [1.29, 1.82) is 0 Å². The van der Waals surface area contributed by atoms with Gasteiger partial charge in [0.1, 0.15) is 17.1 Å². The number of fused-ring (bicyclic) bond motifs is 3. The van der Waals surface area contributed by atoms with Crippen LogP contribution in [-0.2, 0) is 15.1 Å². The van der Waals surface area contributed by atoms with E-state index in [4.69, 9.17) is 11.6 Å². The first-order valence-corrected chi connectivity index (χ1v) is 12.4. The Kier molecular flexibility index (Phi) is 4.80. The lowest BCUT2D eigenvalue weighted by atomic mass is 9.68. The number of nitrogens with one attached hydrogen (secondary N) is 1. The van der Waals surface area contributed by atoms with Crippen LogP contribution in [0.25, 0.3) is 0 Å². The molecule has 2 heterocycles. The van der Waals surface area contributed by atoms with Crippen molar-refractivity contribution in [2.75, 3.05) is 11.9 Å². The summed E-state index contributed by atoms with van der Waals surface area (Å²) in [4.78, 5) is 29.6. The van der Waals surface area contributed by atoms with Gasteiger partial charge in [0, 0.05) is 46.6 Å². The Hall–Kier alpha value is -1.76. The second-order valence-corrected chi connectivity index (χ2v) is 10.9. The molecule has 4 atom stereocenters. The first-order valence-electron chi connectivity index (χ1n) is 11.3. The highest BCUT2D eigenvalue weighted by Crippen LogP contribution is 2.62. The average Bonchev–Trinajstić information content (AvgIpc) is 3.47. The molecule has 6 rings (SSSR count). The summed E-state index contributed by atoms with van der Waals surface area (Å²) in [6.07, 6.45) is 4.37. The average molecular weight is 518 g/mol. The van der Waals surface area contributed by atoms with E-state index in [0.29, 0.717) is 17.9 Å². The van der Waals surface area contributed by atoms with Crippen LogP contribution < -0.4 is 5.32 Å². The monoisotopic (exact) mass is 516 g/mol. The van der Waals surface area contributed by atoms with Crippen LogP contribution in [0.15, 0.2) is 40.9 Å². The molecule has 2 aliphatic carbocycles. The lowest BCUT2D eigenvalue weighted by Crippen LogP contribution is -2.52. The molecule has 4 nitrogen and oxygen atoms in total. The largest absolute Gasteiger partial charge is 0.324 e. The molecular weight excluding hydrogens is 495 g/mol. The van der Waals surface area contributed by atoms with Gasteiger partial charge in [-0.15, -0.1) is 0 Å². The molecule has 4 aliphatic rings. The minimum absolute atomic E-state index is 0.0209. The molecule has 7 heteroatoms. The number of Topliss-reactive ketones (excluding diaryl/α,β-unsaturated/α-hetero) is 1. The van der Waals surface area contributed by atoms with Crippen LogP contribution in [-0.4, -0.2) is 29.2 Å². The third kappa shape index (κ3) is 2.82. The predicted molar refractivity (Wildman–Crippen MR) is 124 cm³/mol. The summed E-state index contributed by atoms with van der Waals surface area (Å²) in [5.41, 5.74) is 0.799. The molecule has 32 heavy (non-hydrogen) atoms. The first-order chi connectivity index (χ1) is 15.4. The minimum atomic E-state index is -1.13. The van der Waals surface area contributed by atoms with E-state index >= 15 is 4.39 Å². The van der Waals surface area contributed by atoms with Gasteiger partial charge in [0.2, 0.25) is 5.91 Å². The Morgan fingerprint density at radius 1 is 1.19 bits per heavy atom. The highest BCUT2D eigenvalue weighted by Gasteiger charge is 2.69. The van der Waals surface area contributed by atoms with E-state index in [1.54, 1.807) is 12.1 Å². The maximum absolute atomic E-state index is 15.5. The van der Waals surface area contributed by atoms with Crippen LogP contribution in [0.5, 0.6) is 0 Å². The molecule has 1 saturated heterocycles. The van der Waals surface area contributed by atoms with E-state index in [1.807, 2.05) is 18.2 Å². The molecule has 0 aromatic heterocycles. The second kappa shape index (κ2) is 7.37. The van der Waals surface area contributed by atoms with Crippen molar-refractivity contribution in [3.8, 4) is 0 Å². The number of hydrogen-bond acceptors (Lipinski definition) is 3. The Morgan fingerprint density at radius 2 is 2.00 bits per heavy atom. The number of carbonyl (C=O) groups excluding carboxylic acids is 2. The van der Waals surface area contributed by atoms with Crippen LogP contribution >= 0.6 is 27.5 Å². The van der Waals surface area contributed by atoms with Gasteiger partial charge in [-0.05, 0) is 55.4 Å². The first kappa shape index (κ1) is 20.8. The fourth-order valence-electron chi connectivity index (χ4n) is 6.43. The fraction of sp³-hybridized carbons (Fsp3) is 0.440. The molecule has 0 radical (unpaired) electrons. The van der Waals surface area contributed by atoms with E-state index in [0.717, 1.165) is 48.0 Å². The Labute approximate surface area is 199 Å². The van der Waals surface area contributed by atoms with Crippen molar-refractivity contribution in [3.63, 3.8) is 0 Å². The SMILES string of the molecule is O=C1CCC[C@H]2[C@@H]1[C@H](c1cccc(Cl)c1F)[C@]1(C(=O)Nc3cc(Br)ccc31)N2CC1CC1. The molecule has 0 unspecified atom stereocenters. The van der Waals surface area contributed by atoms with Crippen molar-refractivity contribution >= 4 is 44.9 Å². The number of likely N-dealkylation sites (tertiary alicyclic amines) is 1. The van der Waals surface area contributed by atoms with E-state index in [2.05, 4.69) is 26.1 Å². The van der Waals surface area contributed by atoms with E-state index in [-0.39, 0.29) is 22.8 Å². The standard InChI is InChI=1S/C25H23BrClFN2O2/c26-14-9-10-16-18(11-14)29-24(32)25(16)22(15-3-1-4-17(27)23(15)28)21-19(5-2-6-20(21)31)30(25)12-13-7-8-13/h1,3-4,9-11,13,19,21-22H,2,5-8,12H2,(H,29,32)/t19-,21-,22-,25+/m0/s1. The van der Waals surface area contributed by atoms with Gasteiger partial charge in [0.05, 0.1) is 5.02 Å². The van der Waals surface area contributed by atoms with Crippen LogP contribution in [0.1, 0.15) is 49.1 Å². The number of benzene rings is 2. The number of ketones is 1. The van der Waals surface area contributed by atoms with Crippen LogP contribution in [0.4, 0.5) is 10.1 Å². The lowest BCUT2D eigenvalue weighted by molar-refractivity contribution is -0.128. The summed E-state index contributed by atoms with van der Waals surface area (Å²) >= 11 is 9.71. The topological polar surface area (TPSA) is 49.4 Å². The number of nitrogens with zero attached hydrogens (tertiary/aromatic N) is 1. The summed E-state index contributed by atoms with van der Waals surface area (Å²) in [7, 11) is 0. The van der Waals surface area contributed by atoms with E-state index < -0.39 is 23.2 Å². The molecule has 0 bridgehead atoms. The smallest absolute Gasteiger partial charge is 0.250 e. The molecule has 2 aromatic rings. The third-order valence-electron chi connectivity index (χ3n) is 7.83. The van der Waals surface area contributed by atoms with Gasteiger partial charge in [-0.3, -0.25) is 14.5 Å². The Balaban J connectivity index is 1.65. The van der Waals surface area contributed by atoms with Gasteiger partial charge in [0.15, 0.2) is 0 Å². The van der Waals surface area contributed by atoms with Crippen LogP contribution in [0, 0.1) is 17.7 Å². The maximum atomic E-state index is 15.5. The second-order valence-electron chi connectivity index (χ2n) is 9.58. The summed E-state index contributed by atoms with van der Waals surface area (Å²) in [5, 5.41) is 3.10.